The SMILES string of the molecule is Cc1ccccc1S[C@@H](c1ccccc1)c1ccccc1Cl. The summed E-state index contributed by atoms with van der Waals surface area (Å²) >= 11 is 8.31. The number of aryl methyl sites for hydroxylation is 1. The third-order valence-corrected chi connectivity index (χ3v) is 5.45. The molecule has 0 heterocycles. The van der Waals surface area contributed by atoms with Crippen molar-refractivity contribution in [3.8, 4) is 0 Å². The summed E-state index contributed by atoms with van der Waals surface area (Å²) in [7, 11) is 0. The van der Waals surface area contributed by atoms with Crippen LogP contribution >= 0.6 is 23.4 Å². The van der Waals surface area contributed by atoms with Gasteiger partial charge in [-0.05, 0) is 35.7 Å². The summed E-state index contributed by atoms with van der Waals surface area (Å²) in [5.41, 5.74) is 3.72. The van der Waals surface area contributed by atoms with E-state index in [1.54, 1.807) is 0 Å². The molecule has 0 aliphatic rings. The monoisotopic (exact) mass is 324 g/mol. The van der Waals surface area contributed by atoms with Gasteiger partial charge in [-0.15, -0.1) is 11.8 Å². The van der Waals surface area contributed by atoms with Gasteiger partial charge >= 0.3 is 0 Å². The molecule has 3 aromatic rings. The van der Waals surface area contributed by atoms with Crippen molar-refractivity contribution in [2.75, 3.05) is 0 Å². The molecule has 0 bridgehead atoms. The molecule has 0 fully saturated rings. The zero-order chi connectivity index (χ0) is 15.4. The van der Waals surface area contributed by atoms with Crippen molar-refractivity contribution in [2.45, 2.75) is 17.1 Å². The lowest BCUT2D eigenvalue weighted by Crippen LogP contribution is -1.98. The molecule has 0 N–H and O–H groups in total. The lowest BCUT2D eigenvalue weighted by atomic mass is 10.0. The molecule has 0 radical (unpaired) electrons. The molecule has 110 valence electrons. The van der Waals surface area contributed by atoms with Crippen molar-refractivity contribution in [1.29, 1.82) is 0 Å². The molecule has 0 unspecified atom stereocenters. The lowest BCUT2D eigenvalue weighted by molar-refractivity contribution is 1.14. The maximum absolute atomic E-state index is 6.46. The van der Waals surface area contributed by atoms with E-state index in [4.69, 9.17) is 11.6 Å². The molecule has 0 saturated heterocycles. The summed E-state index contributed by atoms with van der Waals surface area (Å²) in [5, 5.41) is 1.01. The maximum Gasteiger partial charge on any atom is 0.0608 e. The topological polar surface area (TPSA) is 0 Å². The minimum atomic E-state index is 0.191. The van der Waals surface area contributed by atoms with E-state index in [9.17, 15) is 0 Å². The van der Waals surface area contributed by atoms with Gasteiger partial charge in [0.25, 0.3) is 0 Å². The van der Waals surface area contributed by atoms with Crippen LogP contribution in [0.25, 0.3) is 0 Å². The number of hydrogen-bond donors (Lipinski definition) is 0. The Labute approximate surface area is 141 Å². The van der Waals surface area contributed by atoms with Crippen molar-refractivity contribution in [2.24, 2.45) is 0 Å². The van der Waals surface area contributed by atoms with Gasteiger partial charge in [0.1, 0.15) is 0 Å². The minimum Gasteiger partial charge on any atom is -0.113 e. The second kappa shape index (κ2) is 7.04. The van der Waals surface area contributed by atoms with Gasteiger partial charge in [-0.25, -0.2) is 0 Å². The van der Waals surface area contributed by atoms with Gasteiger partial charge in [-0.3, -0.25) is 0 Å². The highest BCUT2D eigenvalue weighted by atomic mass is 35.5. The molecular formula is C20H17ClS. The third kappa shape index (κ3) is 3.37. The second-order valence-corrected chi connectivity index (χ2v) is 6.75. The first kappa shape index (κ1) is 15.2. The van der Waals surface area contributed by atoms with Crippen LogP contribution in [-0.4, -0.2) is 0 Å². The van der Waals surface area contributed by atoms with Crippen molar-refractivity contribution < 1.29 is 0 Å². The predicted molar refractivity (Wildman–Crippen MR) is 96.8 cm³/mol. The summed E-state index contributed by atoms with van der Waals surface area (Å²) in [6.45, 7) is 2.15. The molecule has 0 aliphatic carbocycles. The van der Waals surface area contributed by atoms with Crippen LogP contribution in [0.5, 0.6) is 0 Å². The maximum atomic E-state index is 6.46. The highest BCUT2D eigenvalue weighted by molar-refractivity contribution is 7.99. The van der Waals surface area contributed by atoms with Crippen LogP contribution in [0.15, 0.2) is 83.8 Å². The van der Waals surface area contributed by atoms with Crippen LogP contribution in [0.2, 0.25) is 5.02 Å². The lowest BCUT2D eigenvalue weighted by Gasteiger charge is -2.20. The van der Waals surface area contributed by atoms with Crippen LogP contribution in [0.4, 0.5) is 0 Å². The largest absolute Gasteiger partial charge is 0.113 e. The molecule has 0 spiro atoms. The van der Waals surface area contributed by atoms with Gasteiger partial charge in [0.05, 0.1) is 5.25 Å². The van der Waals surface area contributed by atoms with Gasteiger partial charge in [-0.2, -0.15) is 0 Å². The van der Waals surface area contributed by atoms with Crippen molar-refractivity contribution in [3.63, 3.8) is 0 Å². The Balaban J connectivity index is 2.05. The molecule has 22 heavy (non-hydrogen) atoms. The highest BCUT2D eigenvalue weighted by Crippen LogP contribution is 2.43. The molecule has 0 aliphatic heterocycles. The molecule has 3 rings (SSSR count). The predicted octanol–water partition coefficient (Wildman–Crippen LogP) is 6.53. The fourth-order valence-corrected chi connectivity index (χ4v) is 4.04. The van der Waals surface area contributed by atoms with Gasteiger partial charge in [0.2, 0.25) is 0 Å². The fraction of sp³-hybridized carbons (Fsp3) is 0.100. The summed E-state index contributed by atoms with van der Waals surface area (Å²) in [6, 6.07) is 27.1. The molecular weight excluding hydrogens is 308 g/mol. The van der Waals surface area contributed by atoms with E-state index >= 15 is 0 Å². The van der Waals surface area contributed by atoms with E-state index in [1.165, 1.54) is 16.0 Å². The van der Waals surface area contributed by atoms with Gasteiger partial charge in [-0.1, -0.05) is 78.3 Å². The number of hydrogen-bond acceptors (Lipinski definition) is 1. The van der Waals surface area contributed by atoms with E-state index in [0.29, 0.717) is 0 Å². The minimum absolute atomic E-state index is 0.191. The van der Waals surface area contributed by atoms with Crippen LogP contribution < -0.4 is 0 Å². The molecule has 2 heteroatoms. The van der Waals surface area contributed by atoms with Gasteiger partial charge in [0.15, 0.2) is 0 Å². The first-order valence-corrected chi connectivity index (χ1v) is 8.53. The van der Waals surface area contributed by atoms with Gasteiger partial charge < -0.3 is 0 Å². The number of rotatable bonds is 4. The second-order valence-electron chi connectivity index (χ2n) is 5.20. The fourth-order valence-electron chi connectivity index (χ4n) is 2.44. The average molecular weight is 325 g/mol. The summed E-state index contributed by atoms with van der Waals surface area (Å²) in [4.78, 5) is 1.29. The van der Waals surface area contributed by atoms with E-state index in [2.05, 4.69) is 67.6 Å². The van der Waals surface area contributed by atoms with E-state index in [-0.39, 0.29) is 5.25 Å². The zero-order valence-electron chi connectivity index (χ0n) is 12.4. The standard InChI is InChI=1S/C20H17ClS/c1-15-9-5-8-14-19(15)22-20(16-10-3-2-4-11-16)17-12-6-7-13-18(17)21/h2-14,20H,1H3/t20-/m0/s1. The number of benzene rings is 3. The van der Waals surface area contributed by atoms with Crippen LogP contribution in [0.3, 0.4) is 0 Å². The van der Waals surface area contributed by atoms with E-state index in [0.717, 1.165) is 10.6 Å². The third-order valence-electron chi connectivity index (χ3n) is 3.63. The Morgan fingerprint density at radius 1 is 0.773 bits per heavy atom. The van der Waals surface area contributed by atoms with Crippen molar-refractivity contribution >= 4 is 23.4 Å². The van der Waals surface area contributed by atoms with Crippen LogP contribution in [0, 0.1) is 6.92 Å². The molecule has 0 nitrogen and oxygen atoms in total. The summed E-state index contributed by atoms with van der Waals surface area (Å²) in [5.74, 6) is 0. The summed E-state index contributed by atoms with van der Waals surface area (Å²) < 4.78 is 0. The first-order chi connectivity index (χ1) is 10.8. The van der Waals surface area contributed by atoms with E-state index in [1.807, 2.05) is 30.0 Å². The Hall–Kier alpha value is -1.70. The normalized spacial score (nSPS) is 12.1. The van der Waals surface area contributed by atoms with Crippen LogP contribution in [0.1, 0.15) is 21.9 Å². The van der Waals surface area contributed by atoms with E-state index < -0.39 is 0 Å². The Bertz CT molecular complexity index is 752. The number of halogens is 1. The molecule has 0 amide bonds. The Kier molecular flexibility index (Phi) is 4.87. The highest BCUT2D eigenvalue weighted by Gasteiger charge is 2.18. The number of thioether (sulfide) groups is 1. The van der Waals surface area contributed by atoms with Crippen molar-refractivity contribution in [3.05, 3.63) is 101 Å². The molecule has 0 aromatic heterocycles. The zero-order valence-corrected chi connectivity index (χ0v) is 13.9. The molecule has 0 saturated carbocycles. The summed E-state index contributed by atoms with van der Waals surface area (Å²) in [6.07, 6.45) is 0. The quantitative estimate of drug-likeness (QED) is 0.491. The van der Waals surface area contributed by atoms with Crippen molar-refractivity contribution in [1.82, 2.24) is 0 Å². The first-order valence-electron chi connectivity index (χ1n) is 7.27. The Morgan fingerprint density at radius 2 is 1.41 bits per heavy atom. The Morgan fingerprint density at radius 3 is 2.14 bits per heavy atom. The smallest absolute Gasteiger partial charge is 0.0608 e. The average Bonchev–Trinajstić information content (AvgIpc) is 2.56. The van der Waals surface area contributed by atoms with Gasteiger partial charge in [0, 0.05) is 9.92 Å². The molecule has 3 aromatic carbocycles. The van der Waals surface area contributed by atoms with Crippen LogP contribution in [-0.2, 0) is 0 Å². The molecule has 1 atom stereocenters.